The second kappa shape index (κ2) is 7.04. The molecule has 0 fully saturated rings. The van der Waals surface area contributed by atoms with Gasteiger partial charge in [0.1, 0.15) is 0 Å². The van der Waals surface area contributed by atoms with E-state index in [4.69, 9.17) is 0 Å². The van der Waals surface area contributed by atoms with E-state index in [0.29, 0.717) is 0 Å². The third-order valence-corrected chi connectivity index (χ3v) is 6.17. The fourth-order valence-electron chi connectivity index (χ4n) is 3.73. The fourth-order valence-corrected chi connectivity index (χ4v) is 4.39. The zero-order valence-corrected chi connectivity index (χ0v) is 15.4. The second-order valence-electron chi connectivity index (χ2n) is 6.74. The molecule has 1 heterocycles. The number of benzene rings is 3. The van der Waals surface area contributed by atoms with Gasteiger partial charge in [-0.25, -0.2) is 8.42 Å². The van der Waals surface area contributed by atoms with Crippen LogP contribution in [0.25, 0.3) is 21.5 Å². The molecule has 132 valence electrons. The Kier molecular flexibility index (Phi) is 4.60. The average Bonchev–Trinajstić information content (AvgIpc) is 2.68. The van der Waals surface area contributed by atoms with Crippen molar-refractivity contribution in [1.29, 1.82) is 0 Å². The number of rotatable bonds is 0. The highest BCUT2D eigenvalue weighted by atomic mass is 32.2. The van der Waals surface area contributed by atoms with E-state index in [-0.39, 0.29) is 5.75 Å². The minimum atomic E-state index is -2.91. The summed E-state index contributed by atoms with van der Waals surface area (Å²) in [6.45, 7) is 0. The van der Waals surface area contributed by atoms with Gasteiger partial charge in [-0.15, -0.1) is 0 Å². The van der Waals surface area contributed by atoms with E-state index in [2.05, 4.69) is 53.5 Å². The molecule has 4 heteroatoms. The Bertz CT molecular complexity index is 1130. The Morgan fingerprint density at radius 3 is 2.38 bits per heavy atom. The Balaban J connectivity index is 0.000000178. The molecule has 1 aliphatic carbocycles. The molecular weight excluding hydrogens is 342 g/mol. The average molecular weight is 363 g/mol. The van der Waals surface area contributed by atoms with Gasteiger partial charge in [0.25, 0.3) is 0 Å². The number of fused-ring (bicyclic) bond motifs is 5. The van der Waals surface area contributed by atoms with Gasteiger partial charge in [-0.3, -0.25) is 4.99 Å². The Morgan fingerprint density at radius 2 is 1.62 bits per heavy atom. The van der Waals surface area contributed by atoms with Gasteiger partial charge in [0.15, 0.2) is 9.84 Å². The minimum absolute atomic E-state index is 0.0451. The van der Waals surface area contributed by atoms with Gasteiger partial charge in [-0.2, -0.15) is 0 Å². The summed E-state index contributed by atoms with van der Waals surface area (Å²) in [5.74, 6) is 0.0451. The first-order valence-electron chi connectivity index (χ1n) is 8.97. The van der Waals surface area contributed by atoms with E-state index in [1.165, 1.54) is 59.6 Å². The first-order valence-corrected chi connectivity index (χ1v) is 10.7. The van der Waals surface area contributed by atoms with Crippen molar-refractivity contribution in [2.45, 2.75) is 25.7 Å². The van der Waals surface area contributed by atoms with Crippen LogP contribution in [0.1, 0.15) is 24.0 Å². The number of nitrogens with zero attached hydrogens (tertiary/aromatic N) is 1. The van der Waals surface area contributed by atoms with Crippen molar-refractivity contribution < 1.29 is 8.42 Å². The van der Waals surface area contributed by atoms with Crippen LogP contribution in [0.2, 0.25) is 0 Å². The van der Waals surface area contributed by atoms with Crippen LogP contribution < -0.4 is 0 Å². The fraction of sp³-hybridized carbons (Fsp3) is 0.227. The maximum absolute atomic E-state index is 10.5. The molecule has 0 saturated heterocycles. The maximum Gasteiger partial charge on any atom is 0.178 e. The van der Waals surface area contributed by atoms with E-state index >= 15 is 0 Å². The molecule has 0 atom stereocenters. The lowest BCUT2D eigenvalue weighted by atomic mass is 9.86. The molecule has 5 rings (SSSR count). The van der Waals surface area contributed by atoms with Crippen LogP contribution in [0.3, 0.4) is 0 Å². The zero-order chi connectivity index (χ0) is 18.0. The molecule has 0 bridgehead atoms. The third-order valence-electron chi connectivity index (χ3n) is 5.02. The summed E-state index contributed by atoms with van der Waals surface area (Å²) in [6, 6.07) is 18.0. The standard InChI is InChI=1S/C18H16.C4H5NO2S/c1-3-7-15-13(5-1)9-11-18-16-8-4-2-6-14(16)10-12-17(15)18;6-8(7)3-1-5-2-4-8/h1,3,5,7,9-12H,2,4,6,8H2;1-3H,4H2. The second-order valence-corrected chi connectivity index (χ2v) is 8.67. The molecule has 0 unspecified atom stereocenters. The normalized spacial score (nSPS) is 17.5. The summed E-state index contributed by atoms with van der Waals surface area (Å²) in [5, 5.41) is 6.75. The van der Waals surface area contributed by atoms with Crippen molar-refractivity contribution in [3.63, 3.8) is 0 Å². The lowest BCUT2D eigenvalue weighted by Gasteiger charge is -2.18. The molecule has 0 amide bonds. The van der Waals surface area contributed by atoms with Crippen LogP contribution in [-0.4, -0.2) is 20.4 Å². The monoisotopic (exact) mass is 363 g/mol. The van der Waals surface area contributed by atoms with E-state index < -0.39 is 9.84 Å². The molecule has 0 saturated carbocycles. The van der Waals surface area contributed by atoms with Gasteiger partial charge in [-0.1, -0.05) is 48.5 Å². The summed E-state index contributed by atoms with van der Waals surface area (Å²) in [5.41, 5.74) is 3.17. The third kappa shape index (κ3) is 3.42. The molecule has 0 aromatic heterocycles. The molecule has 1 aliphatic heterocycles. The van der Waals surface area contributed by atoms with E-state index in [0.717, 1.165) is 5.41 Å². The van der Waals surface area contributed by atoms with Crippen molar-refractivity contribution in [2.24, 2.45) is 4.99 Å². The minimum Gasteiger partial charge on any atom is -0.267 e. The van der Waals surface area contributed by atoms with Crippen LogP contribution in [-0.2, 0) is 22.7 Å². The predicted molar refractivity (Wildman–Crippen MR) is 110 cm³/mol. The van der Waals surface area contributed by atoms with Crippen LogP contribution in [0.15, 0.2) is 65.1 Å². The Hall–Kier alpha value is -2.46. The maximum atomic E-state index is 10.5. The summed E-state index contributed by atoms with van der Waals surface area (Å²) >= 11 is 0. The lowest BCUT2D eigenvalue weighted by molar-refractivity contribution is 0.608. The molecule has 0 spiro atoms. The van der Waals surface area contributed by atoms with E-state index in [9.17, 15) is 8.42 Å². The topological polar surface area (TPSA) is 46.5 Å². The van der Waals surface area contributed by atoms with Crippen LogP contribution in [0.5, 0.6) is 0 Å². The highest BCUT2D eigenvalue weighted by Crippen LogP contribution is 2.33. The van der Waals surface area contributed by atoms with Crippen LogP contribution >= 0.6 is 0 Å². The van der Waals surface area contributed by atoms with E-state index in [1.54, 1.807) is 11.1 Å². The highest BCUT2D eigenvalue weighted by Gasteiger charge is 2.13. The van der Waals surface area contributed by atoms with Crippen LogP contribution in [0, 0.1) is 0 Å². The molecule has 3 aromatic carbocycles. The lowest BCUT2D eigenvalue weighted by Crippen LogP contribution is -2.05. The first kappa shape index (κ1) is 17.0. The number of sulfone groups is 1. The molecule has 0 radical (unpaired) electrons. The molecule has 0 N–H and O–H groups in total. The van der Waals surface area contributed by atoms with Crippen molar-refractivity contribution in [2.75, 3.05) is 5.75 Å². The van der Waals surface area contributed by atoms with Crippen molar-refractivity contribution in [3.8, 4) is 0 Å². The van der Waals surface area contributed by atoms with Gasteiger partial charge >= 0.3 is 0 Å². The zero-order valence-electron chi connectivity index (χ0n) is 14.6. The summed E-state index contributed by atoms with van der Waals surface area (Å²) in [6.07, 6.45) is 7.86. The number of hydrogen-bond acceptors (Lipinski definition) is 3. The molecular formula is C22H21NO2S. The molecule has 26 heavy (non-hydrogen) atoms. The number of aliphatic imine (C=N–C) groups is 1. The summed E-state index contributed by atoms with van der Waals surface area (Å²) in [4.78, 5) is 3.59. The summed E-state index contributed by atoms with van der Waals surface area (Å²) in [7, 11) is -2.91. The summed E-state index contributed by atoms with van der Waals surface area (Å²) < 4.78 is 20.9. The molecule has 3 nitrogen and oxygen atoms in total. The SMILES string of the molecule is O=S1(=O)C=CN=CC1.c1ccc2c(c1)ccc1c3c(ccc12)CCCC3. The van der Waals surface area contributed by atoms with Crippen LogP contribution in [0.4, 0.5) is 0 Å². The molecule has 3 aromatic rings. The van der Waals surface area contributed by atoms with Gasteiger partial charge in [0.2, 0.25) is 0 Å². The first-order chi connectivity index (χ1) is 12.6. The van der Waals surface area contributed by atoms with Gasteiger partial charge in [0, 0.05) is 17.8 Å². The predicted octanol–water partition coefficient (Wildman–Crippen LogP) is 4.83. The Labute approximate surface area is 154 Å². The quantitative estimate of drug-likeness (QED) is 0.537. The van der Waals surface area contributed by atoms with Crippen molar-refractivity contribution >= 4 is 37.6 Å². The van der Waals surface area contributed by atoms with E-state index in [1.807, 2.05) is 0 Å². The van der Waals surface area contributed by atoms with Gasteiger partial charge in [-0.05, 0) is 58.4 Å². The largest absolute Gasteiger partial charge is 0.267 e. The highest BCUT2D eigenvalue weighted by molar-refractivity contribution is 7.94. The number of hydrogen-bond donors (Lipinski definition) is 0. The van der Waals surface area contributed by atoms with Gasteiger partial charge < -0.3 is 0 Å². The molecule has 2 aliphatic rings. The van der Waals surface area contributed by atoms with Gasteiger partial charge in [0.05, 0.1) is 5.75 Å². The van der Waals surface area contributed by atoms with Crippen molar-refractivity contribution in [3.05, 3.63) is 71.3 Å². The smallest absolute Gasteiger partial charge is 0.178 e. The Morgan fingerprint density at radius 1 is 0.808 bits per heavy atom. The number of aryl methyl sites for hydroxylation is 2. The van der Waals surface area contributed by atoms with Crippen molar-refractivity contribution in [1.82, 2.24) is 0 Å².